The van der Waals surface area contributed by atoms with E-state index in [4.69, 9.17) is 0 Å². The summed E-state index contributed by atoms with van der Waals surface area (Å²) >= 11 is 0. The zero-order chi connectivity index (χ0) is 20.3. The van der Waals surface area contributed by atoms with Crippen LogP contribution in [0.5, 0.6) is 0 Å². The first-order valence-corrected chi connectivity index (χ1v) is 10.3. The number of nitrogens with one attached hydrogen (secondary N) is 1. The first-order chi connectivity index (χ1) is 14.8. The first-order valence-electron chi connectivity index (χ1n) is 10.3. The van der Waals surface area contributed by atoms with Gasteiger partial charge in [0.05, 0.1) is 5.69 Å². The summed E-state index contributed by atoms with van der Waals surface area (Å²) in [6.45, 7) is 2.09. The van der Waals surface area contributed by atoms with Gasteiger partial charge in [0.25, 0.3) is 5.91 Å². The Kier molecular flexibility index (Phi) is 4.85. The molecule has 0 atom stereocenters. The molecular weight excluding hydrogens is 372 g/mol. The number of anilines is 2. The van der Waals surface area contributed by atoms with Gasteiger partial charge in [0.2, 0.25) is 0 Å². The van der Waals surface area contributed by atoms with Crippen molar-refractivity contribution in [3.63, 3.8) is 0 Å². The Morgan fingerprint density at radius 1 is 0.833 bits per heavy atom. The number of benzene rings is 3. The number of hydrogen-bond acceptors (Lipinski definition) is 4. The highest BCUT2D eigenvalue weighted by Gasteiger charge is 2.14. The largest absolute Gasteiger partial charge is 0.355 e. The minimum absolute atomic E-state index is 0.126. The van der Waals surface area contributed by atoms with E-state index in [1.807, 2.05) is 78.9 Å². The molecule has 1 aliphatic heterocycles. The summed E-state index contributed by atoms with van der Waals surface area (Å²) in [7, 11) is 0. The summed E-state index contributed by atoms with van der Waals surface area (Å²) in [6.07, 6.45) is 2.42. The molecule has 2 heterocycles. The number of nitrogens with zero attached hydrogens (tertiary/aromatic N) is 3. The Morgan fingerprint density at radius 2 is 1.63 bits per heavy atom. The van der Waals surface area contributed by atoms with Crippen LogP contribution in [0.2, 0.25) is 0 Å². The Balaban J connectivity index is 1.37. The second-order valence-electron chi connectivity index (χ2n) is 7.53. The predicted molar refractivity (Wildman–Crippen MR) is 121 cm³/mol. The molecule has 5 rings (SSSR count). The fraction of sp³-hybridized carbons (Fsp3) is 0.160. The quantitative estimate of drug-likeness (QED) is 0.520. The molecule has 1 amide bonds. The Morgan fingerprint density at radius 3 is 2.47 bits per heavy atom. The molecule has 3 aromatic carbocycles. The summed E-state index contributed by atoms with van der Waals surface area (Å²) in [4.78, 5) is 15.2. The van der Waals surface area contributed by atoms with Crippen LogP contribution in [0.3, 0.4) is 0 Å². The molecule has 5 heteroatoms. The van der Waals surface area contributed by atoms with Crippen molar-refractivity contribution >= 4 is 28.2 Å². The number of carbonyl (C=O) groups is 1. The SMILES string of the molecule is O=C(Nc1cccc(-c2ccc(N3CCCC3)nn2)c1)c1cccc2ccccc12. The third-order valence-corrected chi connectivity index (χ3v) is 5.53. The lowest BCUT2D eigenvalue weighted by Crippen LogP contribution is -2.19. The van der Waals surface area contributed by atoms with E-state index in [2.05, 4.69) is 20.4 Å². The molecular formula is C25H22N4O. The van der Waals surface area contributed by atoms with Gasteiger partial charge in [0.1, 0.15) is 0 Å². The van der Waals surface area contributed by atoms with Gasteiger partial charge in [0.15, 0.2) is 5.82 Å². The number of carbonyl (C=O) groups excluding carboxylic acids is 1. The molecule has 1 saturated heterocycles. The molecule has 0 radical (unpaired) electrons. The average Bonchev–Trinajstić information content (AvgIpc) is 3.34. The molecule has 0 unspecified atom stereocenters. The summed E-state index contributed by atoms with van der Waals surface area (Å²) in [5.74, 6) is 0.802. The Hall–Kier alpha value is -3.73. The van der Waals surface area contributed by atoms with Crippen LogP contribution in [-0.4, -0.2) is 29.2 Å². The van der Waals surface area contributed by atoms with Gasteiger partial charge in [0, 0.05) is 29.9 Å². The monoisotopic (exact) mass is 394 g/mol. The van der Waals surface area contributed by atoms with Crippen molar-refractivity contribution in [2.45, 2.75) is 12.8 Å². The van der Waals surface area contributed by atoms with Gasteiger partial charge in [-0.25, -0.2) is 0 Å². The van der Waals surface area contributed by atoms with Crippen LogP contribution in [0.25, 0.3) is 22.0 Å². The molecule has 0 spiro atoms. The van der Waals surface area contributed by atoms with Crippen LogP contribution in [0, 0.1) is 0 Å². The molecule has 0 saturated carbocycles. The van der Waals surface area contributed by atoms with Gasteiger partial charge in [-0.2, -0.15) is 0 Å². The van der Waals surface area contributed by atoms with E-state index in [0.29, 0.717) is 5.56 Å². The number of fused-ring (bicyclic) bond motifs is 1. The molecule has 1 N–H and O–H groups in total. The van der Waals surface area contributed by atoms with E-state index in [1.54, 1.807) is 0 Å². The number of hydrogen-bond donors (Lipinski definition) is 1. The highest BCUT2D eigenvalue weighted by Crippen LogP contribution is 2.24. The standard InChI is InChI=1S/C25H22N4O/c30-25(22-12-6-8-18-7-1-2-11-21(18)22)26-20-10-5-9-19(17-20)23-13-14-24(28-27-23)29-15-3-4-16-29/h1-2,5-14,17H,3-4,15-16H2,(H,26,30). The maximum Gasteiger partial charge on any atom is 0.256 e. The molecule has 0 bridgehead atoms. The highest BCUT2D eigenvalue weighted by molar-refractivity contribution is 6.13. The molecule has 30 heavy (non-hydrogen) atoms. The van der Waals surface area contributed by atoms with Crippen molar-refractivity contribution < 1.29 is 4.79 Å². The summed E-state index contributed by atoms with van der Waals surface area (Å²) < 4.78 is 0. The molecule has 148 valence electrons. The van der Waals surface area contributed by atoms with Crippen LogP contribution in [0.15, 0.2) is 78.9 Å². The molecule has 4 aromatic rings. The molecule has 1 aliphatic rings. The second kappa shape index (κ2) is 7.95. The van der Waals surface area contributed by atoms with Crippen molar-refractivity contribution in [2.75, 3.05) is 23.3 Å². The lowest BCUT2D eigenvalue weighted by Gasteiger charge is -2.15. The van der Waals surface area contributed by atoms with E-state index >= 15 is 0 Å². The van der Waals surface area contributed by atoms with E-state index < -0.39 is 0 Å². The first kappa shape index (κ1) is 18.3. The fourth-order valence-corrected chi connectivity index (χ4v) is 3.97. The van der Waals surface area contributed by atoms with Gasteiger partial charge < -0.3 is 10.2 Å². The van der Waals surface area contributed by atoms with E-state index in [9.17, 15) is 4.79 Å². The smallest absolute Gasteiger partial charge is 0.256 e. The van der Waals surface area contributed by atoms with E-state index in [0.717, 1.165) is 46.6 Å². The zero-order valence-corrected chi connectivity index (χ0v) is 16.6. The zero-order valence-electron chi connectivity index (χ0n) is 16.6. The van der Waals surface area contributed by atoms with Gasteiger partial charge in [-0.05, 0) is 53.9 Å². The van der Waals surface area contributed by atoms with Crippen LogP contribution in [0.4, 0.5) is 11.5 Å². The highest BCUT2D eigenvalue weighted by atomic mass is 16.1. The van der Waals surface area contributed by atoms with E-state index in [1.165, 1.54) is 12.8 Å². The fourth-order valence-electron chi connectivity index (χ4n) is 3.97. The number of rotatable bonds is 4. The maximum atomic E-state index is 12.9. The predicted octanol–water partition coefficient (Wildman–Crippen LogP) is 5.15. The third-order valence-electron chi connectivity index (χ3n) is 5.53. The van der Waals surface area contributed by atoms with Crippen LogP contribution in [0.1, 0.15) is 23.2 Å². The summed E-state index contributed by atoms with van der Waals surface area (Å²) in [6, 6.07) is 25.4. The Bertz CT molecular complexity index is 1190. The molecule has 5 nitrogen and oxygen atoms in total. The summed E-state index contributed by atoms with van der Waals surface area (Å²) in [5, 5.41) is 13.8. The van der Waals surface area contributed by atoms with E-state index in [-0.39, 0.29) is 5.91 Å². The van der Waals surface area contributed by atoms with Crippen molar-refractivity contribution in [1.82, 2.24) is 10.2 Å². The van der Waals surface area contributed by atoms with Crippen LogP contribution in [-0.2, 0) is 0 Å². The molecule has 0 aliphatic carbocycles. The minimum Gasteiger partial charge on any atom is -0.355 e. The molecule has 1 aromatic heterocycles. The molecule has 1 fully saturated rings. The lowest BCUT2D eigenvalue weighted by molar-refractivity contribution is 0.102. The van der Waals surface area contributed by atoms with Crippen molar-refractivity contribution in [2.24, 2.45) is 0 Å². The van der Waals surface area contributed by atoms with Gasteiger partial charge in [-0.3, -0.25) is 4.79 Å². The lowest BCUT2D eigenvalue weighted by atomic mass is 10.0. The third kappa shape index (κ3) is 3.62. The Labute approximate surface area is 175 Å². The van der Waals surface area contributed by atoms with Gasteiger partial charge in [-0.1, -0.05) is 48.5 Å². The topological polar surface area (TPSA) is 58.1 Å². The van der Waals surface area contributed by atoms with Gasteiger partial charge in [-0.15, -0.1) is 10.2 Å². The summed E-state index contributed by atoms with van der Waals surface area (Å²) in [5.41, 5.74) is 3.11. The van der Waals surface area contributed by atoms with Gasteiger partial charge >= 0.3 is 0 Å². The van der Waals surface area contributed by atoms with Crippen molar-refractivity contribution in [1.29, 1.82) is 0 Å². The average molecular weight is 394 g/mol. The van der Waals surface area contributed by atoms with Crippen LogP contribution >= 0.6 is 0 Å². The minimum atomic E-state index is -0.126. The second-order valence-corrected chi connectivity index (χ2v) is 7.53. The normalized spacial score (nSPS) is 13.5. The van der Waals surface area contributed by atoms with Crippen molar-refractivity contribution in [3.8, 4) is 11.3 Å². The van der Waals surface area contributed by atoms with Crippen molar-refractivity contribution in [3.05, 3.63) is 84.4 Å². The van der Waals surface area contributed by atoms with Crippen LogP contribution < -0.4 is 10.2 Å². The maximum absolute atomic E-state index is 12.9. The number of aromatic nitrogens is 2. The number of amides is 1.